The summed E-state index contributed by atoms with van der Waals surface area (Å²) in [6.45, 7) is 1.21. The second kappa shape index (κ2) is 7.83. The average molecular weight is 426 g/mol. The van der Waals surface area contributed by atoms with Crippen LogP contribution in [0.25, 0.3) is 0 Å². The highest BCUT2D eigenvalue weighted by molar-refractivity contribution is 8.00. The van der Waals surface area contributed by atoms with E-state index in [1.165, 1.54) is 4.90 Å². The van der Waals surface area contributed by atoms with Gasteiger partial charge in [0.2, 0.25) is 0 Å². The number of fused-ring (bicyclic) bond motifs is 1. The molecule has 0 radical (unpaired) electrons. The van der Waals surface area contributed by atoms with Gasteiger partial charge in [-0.25, -0.2) is 4.98 Å². The van der Waals surface area contributed by atoms with E-state index >= 15 is 0 Å². The predicted molar refractivity (Wildman–Crippen MR) is 107 cm³/mol. The smallest absolute Gasteiger partial charge is 0.0980 e. The van der Waals surface area contributed by atoms with Gasteiger partial charge in [0.1, 0.15) is 0 Å². The molecule has 2 aromatic carbocycles. The van der Waals surface area contributed by atoms with Crippen LogP contribution in [0, 0.1) is 0 Å². The molecule has 3 aromatic rings. The predicted octanol–water partition coefficient (Wildman–Crippen LogP) is 6.28. The summed E-state index contributed by atoms with van der Waals surface area (Å²) in [7, 11) is 0. The number of benzene rings is 2. The molecule has 4 rings (SSSR count). The van der Waals surface area contributed by atoms with Crippen LogP contribution in [0.3, 0.4) is 0 Å². The van der Waals surface area contributed by atoms with Gasteiger partial charge in [-0.15, -0.1) is 11.8 Å². The number of imidazole rings is 1. The van der Waals surface area contributed by atoms with Crippen molar-refractivity contribution in [3.63, 3.8) is 0 Å². The third-order valence-electron chi connectivity index (χ3n) is 4.28. The van der Waals surface area contributed by atoms with E-state index in [-0.39, 0.29) is 11.4 Å². The Hall–Kier alpha value is -1.17. The van der Waals surface area contributed by atoms with E-state index in [1.807, 2.05) is 36.8 Å². The van der Waals surface area contributed by atoms with E-state index in [1.54, 1.807) is 24.0 Å². The van der Waals surface area contributed by atoms with Gasteiger partial charge in [-0.2, -0.15) is 0 Å². The summed E-state index contributed by atoms with van der Waals surface area (Å²) in [5.41, 5.74) is 2.04. The highest BCUT2D eigenvalue weighted by Gasteiger charge is 2.34. The van der Waals surface area contributed by atoms with Crippen molar-refractivity contribution in [1.82, 2.24) is 9.55 Å². The Morgan fingerprint density at radius 1 is 1.08 bits per heavy atom. The molecule has 0 amide bonds. The van der Waals surface area contributed by atoms with Crippen molar-refractivity contribution < 1.29 is 4.74 Å². The van der Waals surface area contributed by atoms with Gasteiger partial charge in [0.05, 0.1) is 24.3 Å². The Balaban J connectivity index is 1.57. The first-order valence-corrected chi connectivity index (χ1v) is 10.1. The summed E-state index contributed by atoms with van der Waals surface area (Å²) in [4.78, 5) is 5.33. The topological polar surface area (TPSA) is 27.1 Å². The molecule has 0 unspecified atom stereocenters. The zero-order valence-corrected chi connectivity index (χ0v) is 16.7. The first-order valence-electron chi connectivity index (χ1n) is 8.07. The lowest BCUT2D eigenvalue weighted by Crippen LogP contribution is -2.19. The first kappa shape index (κ1) is 18.2. The minimum atomic E-state index is -0.0807. The van der Waals surface area contributed by atoms with Crippen molar-refractivity contribution in [2.45, 2.75) is 29.4 Å². The van der Waals surface area contributed by atoms with E-state index in [0.29, 0.717) is 21.7 Å². The molecule has 0 fully saturated rings. The standard InChI is InChI=1S/C19H15Cl3N2OS/c20-13-3-4-17-15(7-13)19(18(26-17)9-24-6-5-23-11-24)25-10-12-1-2-14(21)8-16(12)22/h1-8,11,18-19H,9-10H2/t18-,19-/m1/s1. The molecule has 7 heteroatoms. The van der Waals surface area contributed by atoms with Crippen LogP contribution in [0.4, 0.5) is 0 Å². The average Bonchev–Trinajstić information content (AvgIpc) is 3.22. The van der Waals surface area contributed by atoms with Gasteiger partial charge >= 0.3 is 0 Å². The van der Waals surface area contributed by atoms with Crippen molar-refractivity contribution in [2.75, 3.05) is 0 Å². The lowest BCUT2D eigenvalue weighted by Gasteiger charge is -2.21. The van der Waals surface area contributed by atoms with Crippen LogP contribution in [-0.4, -0.2) is 14.8 Å². The molecule has 1 aliphatic rings. The zero-order valence-electron chi connectivity index (χ0n) is 13.6. The molecular formula is C19H15Cl3N2OS. The van der Waals surface area contributed by atoms with Crippen molar-refractivity contribution in [1.29, 1.82) is 0 Å². The van der Waals surface area contributed by atoms with E-state index in [4.69, 9.17) is 39.5 Å². The van der Waals surface area contributed by atoms with Crippen LogP contribution in [0.5, 0.6) is 0 Å². The van der Waals surface area contributed by atoms with E-state index in [2.05, 4.69) is 15.6 Å². The van der Waals surface area contributed by atoms with Crippen LogP contribution in [-0.2, 0) is 17.9 Å². The molecule has 26 heavy (non-hydrogen) atoms. The Labute approximate surface area is 171 Å². The lowest BCUT2D eigenvalue weighted by molar-refractivity contribution is 0.0367. The summed E-state index contributed by atoms with van der Waals surface area (Å²) in [6, 6.07) is 11.4. The minimum Gasteiger partial charge on any atom is -0.368 e. The number of aromatic nitrogens is 2. The SMILES string of the molecule is Clc1ccc(CO[C@@H]2c3cc(Cl)ccc3S[C@@H]2Cn2ccnc2)c(Cl)c1. The summed E-state index contributed by atoms with van der Waals surface area (Å²) in [5, 5.41) is 2.17. The molecule has 0 aliphatic carbocycles. The van der Waals surface area contributed by atoms with Gasteiger partial charge in [0, 0.05) is 38.9 Å². The molecule has 1 aromatic heterocycles. The van der Waals surface area contributed by atoms with Gasteiger partial charge in [-0.05, 0) is 41.5 Å². The Kier molecular flexibility index (Phi) is 5.48. The molecule has 2 heterocycles. The van der Waals surface area contributed by atoms with Crippen LogP contribution < -0.4 is 0 Å². The van der Waals surface area contributed by atoms with Crippen molar-refractivity contribution in [3.8, 4) is 0 Å². The van der Waals surface area contributed by atoms with Gasteiger partial charge < -0.3 is 9.30 Å². The fourth-order valence-corrected chi connectivity index (χ4v) is 5.05. The number of nitrogens with zero attached hydrogens (tertiary/aromatic N) is 2. The third kappa shape index (κ3) is 3.90. The Bertz CT molecular complexity index is 917. The number of hydrogen-bond acceptors (Lipinski definition) is 3. The fourth-order valence-electron chi connectivity index (χ4n) is 3.03. The van der Waals surface area contributed by atoms with Crippen LogP contribution in [0.15, 0.2) is 60.0 Å². The zero-order chi connectivity index (χ0) is 18.1. The molecule has 0 bridgehead atoms. The van der Waals surface area contributed by atoms with E-state index in [9.17, 15) is 0 Å². The quantitative estimate of drug-likeness (QED) is 0.481. The van der Waals surface area contributed by atoms with Gasteiger partial charge in [-0.3, -0.25) is 0 Å². The molecule has 3 nitrogen and oxygen atoms in total. The maximum Gasteiger partial charge on any atom is 0.0980 e. The second-order valence-corrected chi connectivity index (χ2v) is 8.63. The highest BCUT2D eigenvalue weighted by atomic mass is 35.5. The fraction of sp³-hybridized carbons (Fsp3) is 0.211. The molecule has 2 atom stereocenters. The normalized spacial score (nSPS) is 18.9. The van der Waals surface area contributed by atoms with Crippen molar-refractivity contribution >= 4 is 46.6 Å². The molecule has 0 saturated heterocycles. The van der Waals surface area contributed by atoms with Gasteiger partial charge in [0.15, 0.2) is 0 Å². The highest BCUT2D eigenvalue weighted by Crippen LogP contribution is 2.48. The number of halogens is 3. The number of hydrogen-bond donors (Lipinski definition) is 0. The second-order valence-electron chi connectivity index (χ2n) is 6.07. The molecular weight excluding hydrogens is 411 g/mol. The number of ether oxygens (including phenoxy) is 1. The molecule has 0 spiro atoms. The Morgan fingerprint density at radius 2 is 1.88 bits per heavy atom. The monoisotopic (exact) mass is 424 g/mol. The third-order valence-corrected chi connectivity index (χ3v) is 6.42. The summed E-state index contributed by atoms with van der Waals surface area (Å²) in [6.07, 6.45) is 5.49. The van der Waals surface area contributed by atoms with Gasteiger partial charge in [-0.1, -0.05) is 40.9 Å². The van der Waals surface area contributed by atoms with Crippen LogP contribution in [0.1, 0.15) is 17.2 Å². The molecule has 134 valence electrons. The summed E-state index contributed by atoms with van der Waals surface area (Å²) < 4.78 is 8.38. The lowest BCUT2D eigenvalue weighted by atomic mass is 10.1. The van der Waals surface area contributed by atoms with Crippen molar-refractivity contribution in [3.05, 3.63) is 81.3 Å². The number of rotatable bonds is 5. The van der Waals surface area contributed by atoms with E-state index in [0.717, 1.165) is 17.7 Å². The molecule has 0 N–H and O–H groups in total. The van der Waals surface area contributed by atoms with Crippen LogP contribution >= 0.6 is 46.6 Å². The van der Waals surface area contributed by atoms with E-state index < -0.39 is 0 Å². The molecule has 1 aliphatic heterocycles. The number of thioether (sulfide) groups is 1. The maximum absolute atomic E-state index is 6.31. The Morgan fingerprint density at radius 3 is 2.65 bits per heavy atom. The minimum absolute atomic E-state index is 0.0807. The summed E-state index contributed by atoms with van der Waals surface area (Å²) in [5.74, 6) is 0. The van der Waals surface area contributed by atoms with Crippen LogP contribution in [0.2, 0.25) is 15.1 Å². The summed E-state index contributed by atoms with van der Waals surface area (Å²) >= 11 is 20.3. The molecule has 0 saturated carbocycles. The maximum atomic E-state index is 6.31. The van der Waals surface area contributed by atoms with Crippen molar-refractivity contribution in [2.24, 2.45) is 0 Å². The first-order chi connectivity index (χ1) is 12.6. The largest absolute Gasteiger partial charge is 0.368 e. The van der Waals surface area contributed by atoms with Gasteiger partial charge in [0.25, 0.3) is 0 Å².